The second-order valence-electron chi connectivity index (χ2n) is 31.9. The minimum absolute atomic E-state index is 0.00153. The van der Waals surface area contributed by atoms with Crippen LogP contribution in [0, 0.1) is 35.5 Å². The average Bonchev–Trinajstić information content (AvgIpc) is 0.937. The van der Waals surface area contributed by atoms with E-state index in [-0.39, 0.29) is 74.7 Å². The first-order valence-electron chi connectivity index (χ1n) is 33.9. The van der Waals surface area contributed by atoms with E-state index >= 15 is 0 Å². The number of benzene rings is 2. The SMILES string of the molecule is COCOc1cc(OCC[Si](C)(C)C)cc(/C=C/C[C@@H]2OC(C)(C)O[C@@H]2C(C)/C=C\[C@@H](C)C(C)C)c1C(=O)OCC[Si](C)(C)C.COCOc1cc(OCC[Si](C)(C)C)cc(C(CC[C@@H]2OC(C)(C)O[C@@H]2C(C)/C=C\[C@@H](C)C(C)C)[SeH]=P)c1C(=O)OCC[Si](C)(C)C. The molecule has 92 heavy (non-hydrogen) atoms. The molecule has 2 aromatic carbocycles. The Bertz CT molecular complexity index is 2670. The average molecular weight is 1440 g/mol. The molecule has 0 amide bonds. The van der Waals surface area contributed by atoms with E-state index in [9.17, 15) is 9.59 Å². The molecule has 2 aliphatic rings. The molecule has 0 aromatic heterocycles. The van der Waals surface area contributed by atoms with Crippen LogP contribution in [0.2, 0.25) is 103 Å². The summed E-state index contributed by atoms with van der Waals surface area (Å²) in [6.45, 7) is 55.4. The molecule has 0 radical (unpaired) electrons. The Hall–Kier alpha value is -2.75. The van der Waals surface area contributed by atoms with Crippen molar-refractivity contribution in [1.82, 2.24) is 0 Å². The van der Waals surface area contributed by atoms with Crippen LogP contribution in [0.5, 0.6) is 23.0 Å². The van der Waals surface area contributed by atoms with Crippen LogP contribution in [0.15, 0.2) is 54.6 Å². The Morgan fingerprint density at radius 3 is 1.37 bits per heavy atom. The number of rotatable bonds is 38. The van der Waals surface area contributed by atoms with Crippen molar-refractivity contribution in [2.24, 2.45) is 35.5 Å². The monoisotopic (exact) mass is 1440 g/mol. The molecule has 3 unspecified atom stereocenters. The van der Waals surface area contributed by atoms with Gasteiger partial charge in [-0.05, 0) is 55.8 Å². The van der Waals surface area contributed by atoms with Crippen LogP contribution < -0.4 is 18.9 Å². The Morgan fingerprint density at radius 1 is 0.543 bits per heavy atom. The molecule has 0 spiro atoms. The van der Waals surface area contributed by atoms with Crippen LogP contribution in [0.3, 0.4) is 0 Å². The van der Waals surface area contributed by atoms with Gasteiger partial charge in [-0.3, -0.25) is 0 Å². The first-order chi connectivity index (χ1) is 42.6. The second kappa shape index (κ2) is 38.4. The quantitative estimate of drug-likeness (QED) is 0.0207. The van der Waals surface area contributed by atoms with Crippen molar-refractivity contribution >= 4 is 71.8 Å². The van der Waals surface area contributed by atoms with Crippen LogP contribution in [-0.4, -0.2) is 148 Å². The van der Waals surface area contributed by atoms with E-state index in [0.29, 0.717) is 96.2 Å². The molecule has 9 atom stereocenters. The molecule has 0 aliphatic carbocycles. The van der Waals surface area contributed by atoms with Gasteiger partial charge in [0.25, 0.3) is 0 Å². The maximum atomic E-state index is 13.9. The summed E-state index contributed by atoms with van der Waals surface area (Å²) in [7, 11) is 1.71. The van der Waals surface area contributed by atoms with Gasteiger partial charge in [-0.15, -0.1) is 0 Å². The van der Waals surface area contributed by atoms with Gasteiger partial charge in [-0.1, -0.05) is 91.3 Å². The molecular formula is C72H127O14PSeSi4. The first kappa shape index (κ1) is 83.5. The van der Waals surface area contributed by atoms with E-state index < -0.39 is 49.8 Å². The number of ether oxygens (including phenoxy) is 12. The van der Waals surface area contributed by atoms with E-state index in [0.717, 1.165) is 42.6 Å². The van der Waals surface area contributed by atoms with Gasteiger partial charge in [-0.25, -0.2) is 4.79 Å². The van der Waals surface area contributed by atoms with Crippen LogP contribution in [0.25, 0.3) is 6.08 Å². The zero-order valence-electron chi connectivity index (χ0n) is 62.0. The van der Waals surface area contributed by atoms with Crippen molar-refractivity contribution in [3.8, 4) is 23.0 Å². The molecule has 0 bridgehead atoms. The number of carbonyl (C=O) groups is 2. The van der Waals surface area contributed by atoms with Gasteiger partial charge in [-0.2, -0.15) is 0 Å². The molecule has 0 saturated carbocycles. The predicted octanol–water partition coefficient (Wildman–Crippen LogP) is 18.5. The molecule has 2 aliphatic heterocycles. The number of hydrogen-bond acceptors (Lipinski definition) is 14. The summed E-state index contributed by atoms with van der Waals surface area (Å²) in [5, 5.41) is 0. The summed E-state index contributed by atoms with van der Waals surface area (Å²) in [5.41, 5.74) is 2.41. The van der Waals surface area contributed by atoms with Crippen molar-refractivity contribution in [2.45, 2.75) is 246 Å². The van der Waals surface area contributed by atoms with E-state index in [4.69, 9.17) is 56.8 Å². The van der Waals surface area contributed by atoms with Crippen LogP contribution in [0.1, 0.15) is 139 Å². The van der Waals surface area contributed by atoms with Crippen molar-refractivity contribution in [1.29, 1.82) is 0 Å². The minimum atomic E-state index is -1.39. The van der Waals surface area contributed by atoms with Gasteiger partial charge in [0, 0.05) is 35.2 Å². The Labute approximate surface area is 570 Å². The molecule has 2 aromatic rings. The van der Waals surface area contributed by atoms with Crippen molar-refractivity contribution in [2.75, 3.05) is 54.2 Å². The molecule has 2 fully saturated rings. The molecule has 2 saturated heterocycles. The van der Waals surface area contributed by atoms with Gasteiger partial charge >= 0.3 is 303 Å². The molecule has 14 nitrogen and oxygen atoms in total. The van der Waals surface area contributed by atoms with Crippen molar-refractivity contribution < 1.29 is 66.4 Å². The van der Waals surface area contributed by atoms with E-state index in [1.54, 1.807) is 20.3 Å². The molecule has 20 heteroatoms. The Balaban J connectivity index is 0.000000481. The van der Waals surface area contributed by atoms with Gasteiger partial charge in [0.15, 0.2) is 12.6 Å². The van der Waals surface area contributed by atoms with Gasteiger partial charge < -0.3 is 28.4 Å². The fourth-order valence-electron chi connectivity index (χ4n) is 10.0. The third-order valence-electron chi connectivity index (χ3n) is 16.6. The number of carbonyl (C=O) groups excluding carboxylic acids is 2. The third-order valence-corrected chi connectivity index (χ3v) is 26.8. The summed E-state index contributed by atoms with van der Waals surface area (Å²) in [6.07, 6.45) is 15.0. The van der Waals surface area contributed by atoms with Gasteiger partial charge in [0.2, 0.25) is 0 Å². The number of allylic oxidation sites excluding steroid dienone is 2. The molecule has 4 rings (SSSR count). The molecule has 2 heterocycles. The zero-order valence-corrected chi connectivity index (χ0v) is 68.9. The molecule has 0 N–H and O–H groups in total. The van der Waals surface area contributed by atoms with Crippen LogP contribution >= 0.6 is 7.49 Å². The van der Waals surface area contributed by atoms with Crippen molar-refractivity contribution in [3.63, 3.8) is 0 Å². The number of methoxy groups -OCH3 is 2. The standard InChI is InChI=1S/C36H65O7PSeSi2.C36H62O7Si2/c1-25(2)26(3)14-15-27(4)34-30(42-36(5,6)43-34)16-17-32(45-44)29-22-28(39-18-20-46(8,9)10)23-31(41-24-38-7)33(29)35(37)40-19-21-47(11,12)13;1-26(2)27(3)17-18-28(4)34-31(42-36(5,6)43-34)16-14-15-29-23-30(39-19-21-44(8,9)10)24-32(41-25-38-7)33(29)35(37)40-20-22-45(11,12)13/h14-15,22-23,25-27,30,32,34,44-45H,16-21,24H2,1-13H3;14-15,17-18,23-24,26-28,31,34H,16,19-22,25H2,1-13H3/b15-14-;15-14+,18-17-/t26-,27?,30+,32?,34-;27-,28?,31+,34-/m11/s1. The normalized spacial score (nSPS) is 20.3. The Kier molecular flexibility index (Phi) is 34.8. The van der Waals surface area contributed by atoms with Gasteiger partial charge in [0.1, 0.15) is 17.1 Å². The predicted molar refractivity (Wildman–Crippen MR) is 395 cm³/mol. The second-order valence-corrected chi connectivity index (χ2v) is 57.6. The van der Waals surface area contributed by atoms with Gasteiger partial charge in [0.05, 0.1) is 25.4 Å². The number of hydrogen-bond donors (Lipinski definition) is 0. The summed E-state index contributed by atoms with van der Waals surface area (Å²) in [5.74, 6) is 2.59. The zero-order chi connectivity index (χ0) is 69.6. The topological polar surface area (TPSA) is 145 Å². The summed E-state index contributed by atoms with van der Waals surface area (Å²) >= 11 is -0.353. The fourth-order valence-corrected chi connectivity index (χ4v) is 15.6. The fraction of sp³-hybridized carbons (Fsp3) is 0.722. The van der Waals surface area contributed by atoms with E-state index in [1.165, 1.54) is 0 Å². The summed E-state index contributed by atoms with van der Waals surface area (Å²) in [6, 6.07) is 11.4. The molecule has 526 valence electrons. The molecular weight excluding hydrogens is 1310 g/mol. The van der Waals surface area contributed by atoms with Crippen LogP contribution in [0.4, 0.5) is 0 Å². The maximum absolute atomic E-state index is 13.9. The first-order valence-corrected chi connectivity index (χ1v) is 53.1. The summed E-state index contributed by atoms with van der Waals surface area (Å²) < 4.78 is 72.4. The Morgan fingerprint density at radius 2 is 0.946 bits per heavy atom. The summed E-state index contributed by atoms with van der Waals surface area (Å²) in [4.78, 5) is 27.5. The van der Waals surface area contributed by atoms with Crippen molar-refractivity contribution in [3.05, 3.63) is 76.9 Å². The third kappa shape index (κ3) is 31.2. The van der Waals surface area contributed by atoms with E-state index in [2.05, 4.69) is 172 Å². The number of esters is 2. The van der Waals surface area contributed by atoms with Crippen LogP contribution in [-0.2, 0) is 37.9 Å². The van der Waals surface area contributed by atoms with E-state index in [1.807, 2.05) is 52.0 Å².